The van der Waals surface area contributed by atoms with Gasteiger partial charge in [-0.1, -0.05) is 55.5 Å². The number of rotatable bonds is 8. The minimum Gasteiger partial charge on any atom is -0.478 e. The molecule has 0 aliphatic rings. The lowest BCUT2D eigenvalue weighted by molar-refractivity contribution is 0.0696. The van der Waals surface area contributed by atoms with Gasteiger partial charge in [0.1, 0.15) is 0 Å². The lowest BCUT2D eigenvalue weighted by Crippen LogP contribution is -2.25. The summed E-state index contributed by atoms with van der Waals surface area (Å²) in [6.45, 7) is 4.31. The molecular formula is C23H25NO3. The summed E-state index contributed by atoms with van der Waals surface area (Å²) in [6, 6.07) is 21.2. The van der Waals surface area contributed by atoms with Crippen molar-refractivity contribution in [2.24, 2.45) is 0 Å². The molecule has 4 nitrogen and oxygen atoms in total. The highest BCUT2D eigenvalue weighted by Crippen LogP contribution is 2.23. The summed E-state index contributed by atoms with van der Waals surface area (Å²) in [5, 5.41) is 22.0. The smallest absolute Gasteiger partial charge is 0.335 e. The topological polar surface area (TPSA) is 60.8 Å². The Bertz CT molecular complexity index is 922. The molecule has 3 rings (SSSR count). The van der Waals surface area contributed by atoms with Crippen LogP contribution in [0.2, 0.25) is 0 Å². The van der Waals surface area contributed by atoms with E-state index in [4.69, 9.17) is 5.11 Å². The number of carboxylic acids is 1. The Balaban J connectivity index is 1.62. The van der Waals surface area contributed by atoms with Gasteiger partial charge in [-0.05, 0) is 53.1 Å². The first-order valence-corrected chi connectivity index (χ1v) is 9.28. The summed E-state index contributed by atoms with van der Waals surface area (Å²) >= 11 is 0. The van der Waals surface area contributed by atoms with Gasteiger partial charge in [0.25, 0.3) is 0 Å². The third kappa shape index (κ3) is 4.94. The number of carboxylic acid groups (broad SMARTS) is 1. The van der Waals surface area contributed by atoms with E-state index in [2.05, 4.69) is 24.0 Å². The van der Waals surface area contributed by atoms with Crippen molar-refractivity contribution in [3.63, 3.8) is 0 Å². The molecule has 0 aliphatic heterocycles. The molecule has 0 spiro atoms. The molecule has 0 fully saturated rings. The summed E-state index contributed by atoms with van der Waals surface area (Å²) in [5.74, 6) is -0.911. The zero-order valence-corrected chi connectivity index (χ0v) is 15.5. The first-order valence-electron chi connectivity index (χ1n) is 9.28. The van der Waals surface area contributed by atoms with E-state index < -0.39 is 12.1 Å². The Kier molecular flexibility index (Phi) is 6.22. The number of benzene rings is 3. The monoisotopic (exact) mass is 363 g/mol. The molecule has 1 unspecified atom stereocenters. The van der Waals surface area contributed by atoms with Crippen LogP contribution in [0.5, 0.6) is 0 Å². The maximum Gasteiger partial charge on any atom is 0.335 e. The number of carbonyl (C=O) groups is 1. The molecule has 0 radical (unpaired) electrons. The van der Waals surface area contributed by atoms with E-state index in [1.54, 1.807) is 18.2 Å². The molecule has 3 aromatic carbocycles. The van der Waals surface area contributed by atoms with E-state index >= 15 is 0 Å². The predicted octanol–water partition coefficient (Wildman–Crippen LogP) is 4.48. The average Bonchev–Trinajstić information content (AvgIpc) is 2.70. The Morgan fingerprint density at radius 3 is 2.52 bits per heavy atom. The molecule has 0 bridgehead atoms. The normalized spacial score (nSPS) is 12.4. The maximum atomic E-state index is 11.1. The SMILES string of the molecule is CCN(CCC(O)c1ccc2ccccc2c1)Cc1cccc(C(=O)O)c1. The first-order chi connectivity index (χ1) is 13.1. The molecule has 3 aromatic rings. The van der Waals surface area contributed by atoms with Crippen LogP contribution in [0.3, 0.4) is 0 Å². The molecule has 2 N–H and O–H groups in total. The minimum absolute atomic E-state index is 0.305. The van der Waals surface area contributed by atoms with Gasteiger partial charge in [0, 0.05) is 13.1 Å². The van der Waals surface area contributed by atoms with Crippen LogP contribution in [0.25, 0.3) is 10.8 Å². The number of hydrogen-bond donors (Lipinski definition) is 2. The number of aromatic carboxylic acids is 1. The van der Waals surface area contributed by atoms with Gasteiger partial charge in [-0.2, -0.15) is 0 Å². The van der Waals surface area contributed by atoms with E-state index in [1.807, 2.05) is 36.4 Å². The molecule has 0 amide bonds. The van der Waals surface area contributed by atoms with Crippen LogP contribution in [0.15, 0.2) is 66.7 Å². The second-order valence-corrected chi connectivity index (χ2v) is 6.79. The van der Waals surface area contributed by atoms with Crippen molar-refractivity contribution >= 4 is 16.7 Å². The second kappa shape index (κ2) is 8.80. The second-order valence-electron chi connectivity index (χ2n) is 6.79. The van der Waals surface area contributed by atoms with Crippen molar-refractivity contribution in [1.82, 2.24) is 4.90 Å². The fraction of sp³-hybridized carbons (Fsp3) is 0.261. The Morgan fingerprint density at radius 2 is 1.78 bits per heavy atom. The molecule has 27 heavy (non-hydrogen) atoms. The van der Waals surface area contributed by atoms with Crippen LogP contribution in [0.4, 0.5) is 0 Å². The van der Waals surface area contributed by atoms with Crippen molar-refractivity contribution in [2.45, 2.75) is 26.0 Å². The third-order valence-corrected chi connectivity index (χ3v) is 4.90. The molecular weight excluding hydrogens is 338 g/mol. The highest BCUT2D eigenvalue weighted by Gasteiger charge is 2.12. The third-order valence-electron chi connectivity index (χ3n) is 4.90. The average molecular weight is 363 g/mol. The van der Waals surface area contributed by atoms with E-state index in [-0.39, 0.29) is 0 Å². The number of aliphatic hydroxyl groups is 1. The fourth-order valence-electron chi connectivity index (χ4n) is 3.30. The van der Waals surface area contributed by atoms with Crippen molar-refractivity contribution < 1.29 is 15.0 Å². The summed E-state index contributed by atoms with van der Waals surface area (Å²) < 4.78 is 0. The van der Waals surface area contributed by atoms with Crippen LogP contribution in [0, 0.1) is 0 Å². The van der Waals surface area contributed by atoms with Gasteiger partial charge >= 0.3 is 5.97 Å². The van der Waals surface area contributed by atoms with Gasteiger partial charge in [-0.3, -0.25) is 4.90 Å². The summed E-state index contributed by atoms with van der Waals surface area (Å²) in [7, 11) is 0. The van der Waals surface area contributed by atoms with Gasteiger partial charge in [-0.25, -0.2) is 4.79 Å². The number of fused-ring (bicyclic) bond motifs is 1. The first kappa shape index (κ1) is 19.1. The molecule has 0 aromatic heterocycles. The highest BCUT2D eigenvalue weighted by molar-refractivity contribution is 5.87. The Morgan fingerprint density at radius 1 is 1.00 bits per heavy atom. The molecule has 1 atom stereocenters. The van der Waals surface area contributed by atoms with Crippen molar-refractivity contribution in [1.29, 1.82) is 0 Å². The quantitative estimate of drug-likeness (QED) is 0.619. The summed E-state index contributed by atoms with van der Waals surface area (Å²) in [5.41, 5.74) is 2.20. The van der Waals surface area contributed by atoms with E-state index in [1.165, 1.54) is 5.39 Å². The zero-order chi connectivity index (χ0) is 19.2. The summed E-state index contributed by atoms with van der Waals surface area (Å²) in [6.07, 6.45) is 0.110. The van der Waals surface area contributed by atoms with Crippen LogP contribution in [0.1, 0.15) is 40.9 Å². The molecule has 0 saturated carbocycles. The Labute approximate surface area is 159 Å². The fourth-order valence-corrected chi connectivity index (χ4v) is 3.30. The number of hydrogen-bond acceptors (Lipinski definition) is 3. The molecule has 0 saturated heterocycles. The summed E-state index contributed by atoms with van der Waals surface area (Å²) in [4.78, 5) is 13.3. The lowest BCUT2D eigenvalue weighted by Gasteiger charge is -2.22. The number of nitrogens with zero attached hydrogens (tertiary/aromatic N) is 1. The maximum absolute atomic E-state index is 11.1. The zero-order valence-electron chi connectivity index (χ0n) is 15.5. The highest BCUT2D eigenvalue weighted by atomic mass is 16.4. The van der Waals surface area contributed by atoms with Gasteiger partial charge in [0.15, 0.2) is 0 Å². The van der Waals surface area contributed by atoms with Gasteiger partial charge in [0.2, 0.25) is 0 Å². The largest absolute Gasteiger partial charge is 0.478 e. The molecule has 4 heteroatoms. The van der Waals surface area contributed by atoms with Gasteiger partial charge < -0.3 is 10.2 Å². The van der Waals surface area contributed by atoms with Crippen LogP contribution in [-0.4, -0.2) is 34.2 Å². The van der Waals surface area contributed by atoms with Crippen LogP contribution in [-0.2, 0) is 6.54 Å². The van der Waals surface area contributed by atoms with Crippen molar-refractivity contribution in [3.05, 3.63) is 83.4 Å². The lowest BCUT2D eigenvalue weighted by atomic mass is 10.0. The van der Waals surface area contributed by atoms with Gasteiger partial charge in [-0.15, -0.1) is 0 Å². The van der Waals surface area contributed by atoms with Crippen LogP contribution >= 0.6 is 0 Å². The standard InChI is InChI=1S/C23H25NO3/c1-2-24(16-17-6-5-9-21(14-17)23(26)27)13-12-22(25)20-11-10-18-7-3-4-8-19(18)15-20/h3-11,14-15,22,25H,2,12-13,16H2,1H3,(H,26,27). The molecule has 0 heterocycles. The van der Waals surface area contributed by atoms with Gasteiger partial charge in [0.05, 0.1) is 11.7 Å². The Hall–Kier alpha value is -2.69. The van der Waals surface area contributed by atoms with Crippen LogP contribution < -0.4 is 0 Å². The van der Waals surface area contributed by atoms with E-state index in [0.29, 0.717) is 18.5 Å². The minimum atomic E-state index is -0.911. The number of aliphatic hydroxyl groups excluding tert-OH is 1. The van der Waals surface area contributed by atoms with Crippen molar-refractivity contribution in [3.8, 4) is 0 Å². The predicted molar refractivity (Wildman–Crippen MR) is 108 cm³/mol. The van der Waals surface area contributed by atoms with Crippen molar-refractivity contribution in [2.75, 3.05) is 13.1 Å². The van der Waals surface area contributed by atoms with E-state index in [0.717, 1.165) is 29.6 Å². The van der Waals surface area contributed by atoms with E-state index in [9.17, 15) is 9.90 Å². The molecule has 0 aliphatic carbocycles. The molecule has 140 valence electrons.